The lowest BCUT2D eigenvalue weighted by Crippen LogP contribution is -2.45. The number of carbonyl (C=O) groups excluding carboxylic acids is 6. The van der Waals surface area contributed by atoms with E-state index in [9.17, 15) is 28.8 Å². The normalized spacial score (nSPS) is 21.0. The molecule has 0 radical (unpaired) electrons. The maximum Gasteiger partial charge on any atom is 0.306 e. The summed E-state index contributed by atoms with van der Waals surface area (Å²) in [6, 6.07) is 24.1. The number of rotatable bonds is 17. The monoisotopic (exact) mass is 911 g/mol. The maximum absolute atomic E-state index is 13.7. The van der Waals surface area contributed by atoms with E-state index in [0.29, 0.717) is 25.9 Å². The Morgan fingerprint density at radius 2 is 0.968 bits per heavy atom. The van der Waals surface area contributed by atoms with Gasteiger partial charge in [0.05, 0.1) is 63.1 Å². The van der Waals surface area contributed by atoms with Crippen LogP contribution in [0.15, 0.2) is 77.3 Å². The van der Waals surface area contributed by atoms with Gasteiger partial charge in [0.1, 0.15) is 0 Å². The average molecular weight is 913 g/mol. The van der Waals surface area contributed by atoms with Crippen molar-refractivity contribution in [3.63, 3.8) is 0 Å². The molecule has 3 aromatic carbocycles. The number of halogens is 1. The Balaban J connectivity index is 1.13. The lowest BCUT2D eigenvalue weighted by atomic mass is 9.90. The lowest BCUT2D eigenvalue weighted by molar-refractivity contribution is -0.149. The van der Waals surface area contributed by atoms with Gasteiger partial charge in [0.2, 0.25) is 11.8 Å². The molecule has 3 heterocycles. The molecule has 62 heavy (non-hydrogen) atoms. The molecular formula is C50H62BrN3O8. The summed E-state index contributed by atoms with van der Waals surface area (Å²) >= 11 is 3.60. The fourth-order valence-corrected chi connectivity index (χ4v) is 9.95. The zero-order valence-corrected chi connectivity index (χ0v) is 38.6. The number of ketones is 2. The molecule has 0 bridgehead atoms. The van der Waals surface area contributed by atoms with Gasteiger partial charge in [-0.15, -0.1) is 0 Å². The average Bonchev–Trinajstić information content (AvgIpc) is 4.06. The number of hydrogen-bond donors (Lipinski definition) is 0. The molecule has 3 aliphatic heterocycles. The first kappa shape index (κ1) is 46.7. The van der Waals surface area contributed by atoms with Gasteiger partial charge in [-0.3, -0.25) is 28.8 Å². The first-order valence-electron chi connectivity index (χ1n) is 22.2. The molecule has 12 heteroatoms. The third-order valence-electron chi connectivity index (χ3n) is 13.3. The Kier molecular flexibility index (Phi) is 15.8. The molecule has 3 fully saturated rings. The molecule has 0 saturated carbocycles. The molecule has 0 unspecified atom stereocenters. The number of likely N-dealkylation sites (tertiary alicyclic amines) is 2. The number of anilines is 1. The van der Waals surface area contributed by atoms with Gasteiger partial charge in [-0.25, -0.2) is 0 Å². The van der Waals surface area contributed by atoms with Gasteiger partial charge in [0.15, 0.2) is 11.6 Å². The van der Waals surface area contributed by atoms with Gasteiger partial charge in [0, 0.05) is 36.1 Å². The minimum Gasteiger partial charge on any atom is -0.469 e. The molecule has 2 amide bonds. The van der Waals surface area contributed by atoms with Crippen LogP contribution >= 0.6 is 15.9 Å². The molecule has 11 nitrogen and oxygen atoms in total. The zero-order chi connectivity index (χ0) is 44.7. The highest BCUT2D eigenvalue weighted by Crippen LogP contribution is 2.47. The summed E-state index contributed by atoms with van der Waals surface area (Å²) in [5.41, 5.74) is 5.19. The van der Waals surface area contributed by atoms with Gasteiger partial charge in [-0.1, -0.05) is 92.2 Å². The van der Waals surface area contributed by atoms with Crippen LogP contribution in [0.1, 0.15) is 113 Å². The highest BCUT2D eigenvalue weighted by atomic mass is 79.9. The molecule has 3 aliphatic rings. The number of carbonyl (C=O) groups is 6. The van der Waals surface area contributed by atoms with E-state index >= 15 is 0 Å². The predicted molar refractivity (Wildman–Crippen MR) is 241 cm³/mol. The van der Waals surface area contributed by atoms with Crippen LogP contribution in [0.4, 0.5) is 5.69 Å². The third kappa shape index (κ3) is 10.8. The van der Waals surface area contributed by atoms with Crippen molar-refractivity contribution in [1.29, 1.82) is 0 Å². The Labute approximate surface area is 375 Å². The fraction of sp³-hybridized carbons (Fsp3) is 0.520. The minimum absolute atomic E-state index is 0.00267. The highest BCUT2D eigenvalue weighted by Gasteiger charge is 2.41. The third-order valence-corrected chi connectivity index (χ3v) is 13.8. The van der Waals surface area contributed by atoms with Gasteiger partial charge in [0.25, 0.3) is 0 Å². The second-order valence-corrected chi connectivity index (χ2v) is 18.8. The second kappa shape index (κ2) is 21.0. The van der Waals surface area contributed by atoms with E-state index in [0.717, 1.165) is 58.1 Å². The van der Waals surface area contributed by atoms with E-state index in [-0.39, 0.29) is 73.0 Å². The van der Waals surface area contributed by atoms with Crippen LogP contribution in [0, 0.1) is 23.7 Å². The SMILES string of the molecule is COC(=O)C[C@H](C(=O)N1CCC[C@H]1C(=O)Cc1ccc([C@H]2CC[C@H](c3ccc(CC(=O)[C@@H]4CCCN4C(=O)[C@@H](CC(=O)OC)C(C)C)cc3)N2c2ccc(Br)cc2)cc1)C(C)C. The van der Waals surface area contributed by atoms with E-state index in [2.05, 4.69) is 69.4 Å². The Morgan fingerprint density at radius 3 is 1.32 bits per heavy atom. The molecular weight excluding hydrogens is 850 g/mol. The number of amides is 2. The summed E-state index contributed by atoms with van der Waals surface area (Å²) in [6.45, 7) is 8.69. The largest absolute Gasteiger partial charge is 0.469 e. The first-order valence-corrected chi connectivity index (χ1v) is 23.0. The van der Waals surface area contributed by atoms with Crippen molar-refractivity contribution in [2.24, 2.45) is 23.7 Å². The van der Waals surface area contributed by atoms with Crippen LogP contribution in [0.3, 0.4) is 0 Å². The van der Waals surface area contributed by atoms with Crippen molar-refractivity contribution in [2.45, 2.75) is 116 Å². The lowest BCUT2D eigenvalue weighted by Gasteiger charge is -2.33. The summed E-state index contributed by atoms with van der Waals surface area (Å²) < 4.78 is 10.7. The molecule has 3 aromatic rings. The van der Waals surface area contributed by atoms with Crippen molar-refractivity contribution >= 4 is 56.9 Å². The Hall–Kier alpha value is -4.84. The second-order valence-electron chi connectivity index (χ2n) is 17.9. The molecule has 332 valence electrons. The van der Waals surface area contributed by atoms with E-state index in [1.807, 2.05) is 52.0 Å². The van der Waals surface area contributed by atoms with Crippen LogP contribution in [-0.2, 0) is 51.1 Å². The quantitative estimate of drug-likeness (QED) is 0.123. The topological polar surface area (TPSA) is 131 Å². The van der Waals surface area contributed by atoms with Crippen LogP contribution in [0.25, 0.3) is 0 Å². The molecule has 0 spiro atoms. The number of benzene rings is 3. The molecule has 6 rings (SSSR count). The van der Waals surface area contributed by atoms with Crippen molar-refractivity contribution in [1.82, 2.24) is 9.80 Å². The van der Waals surface area contributed by atoms with Crippen molar-refractivity contribution in [3.8, 4) is 0 Å². The number of methoxy groups -OCH3 is 2. The van der Waals surface area contributed by atoms with E-state index in [4.69, 9.17) is 9.47 Å². The van der Waals surface area contributed by atoms with Crippen LogP contribution in [0.2, 0.25) is 0 Å². The minimum atomic E-state index is -0.530. The molecule has 3 saturated heterocycles. The van der Waals surface area contributed by atoms with Crippen LogP contribution in [0.5, 0.6) is 0 Å². The van der Waals surface area contributed by atoms with Crippen molar-refractivity contribution in [3.05, 3.63) is 99.5 Å². The maximum atomic E-state index is 13.7. The first-order chi connectivity index (χ1) is 29.7. The van der Waals surface area contributed by atoms with E-state index in [1.54, 1.807) is 9.80 Å². The van der Waals surface area contributed by atoms with Crippen LogP contribution in [-0.4, -0.2) is 84.5 Å². The van der Waals surface area contributed by atoms with E-state index in [1.165, 1.54) is 14.2 Å². The molecule has 6 atom stereocenters. The van der Waals surface area contributed by atoms with Crippen LogP contribution < -0.4 is 4.90 Å². The number of Topliss-reactive ketones (excluding diaryl/α,β-unsaturated/α-hetero) is 2. The number of esters is 2. The predicted octanol–water partition coefficient (Wildman–Crippen LogP) is 8.41. The molecule has 0 aromatic heterocycles. The summed E-state index contributed by atoms with van der Waals surface area (Å²) in [4.78, 5) is 84.8. The smallest absolute Gasteiger partial charge is 0.306 e. The Bertz CT molecular complexity index is 1940. The van der Waals surface area contributed by atoms with Gasteiger partial charge < -0.3 is 24.2 Å². The van der Waals surface area contributed by atoms with Gasteiger partial charge >= 0.3 is 11.9 Å². The zero-order valence-electron chi connectivity index (χ0n) is 37.0. The number of nitrogens with zero attached hydrogens (tertiary/aromatic N) is 3. The Morgan fingerprint density at radius 1 is 0.581 bits per heavy atom. The number of hydrogen-bond acceptors (Lipinski definition) is 9. The number of ether oxygens (including phenoxy) is 2. The fourth-order valence-electron chi connectivity index (χ4n) is 9.69. The van der Waals surface area contributed by atoms with Gasteiger partial charge in [-0.05, 0) is 96.9 Å². The van der Waals surface area contributed by atoms with Crippen molar-refractivity contribution in [2.75, 3.05) is 32.2 Å². The summed E-state index contributed by atoms with van der Waals surface area (Å²) in [7, 11) is 2.65. The van der Waals surface area contributed by atoms with E-state index < -0.39 is 35.9 Å². The highest BCUT2D eigenvalue weighted by molar-refractivity contribution is 9.10. The summed E-state index contributed by atoms with van der Waals surface area (Å²) in [5.74, 6) is -2.32. The molecule has 0 aliphatic carbocycles. The van der Waals surface area contributed by atoms with Gasteiger partial charge in [-0.2, -0.15) is 0 Å². The standard InChI is InChI=1S/C50H62BrN3O8/c1-31(2)39(29-47(57)61-5)49(59)52-25-7-9-43(52)45(55)27-33-11-15-35(16-12-33)41-23-24-42(54(41)38-21-19-37(51)20-22-38)36-17-13-34(14-18-36)28-46(56)44-10-8-26-53(44)50(60)40(32(3)4)30-48(58)62-6/h11-22,31-32,39-44H,7-10,23-30H2,1-6H3/t39-,40-,41+,42+,43-,44-/m0/s1. The summed E-state index contributed by atoms with van der Waals surface area (Å²) in [5, 5.41) is 0. The van der Waals surface area contributed by atoms with Crippen molar-refractivity contribution < 1.29 is 38.2 Å². The summed E-state index contributed by atoms with van der Waals surface area (Å²) in [6.07, 6.45) is 5.02. The molecule has 0 N–H and O–H groups in total.